The van der Waals surface area contributed by atoms with Crippen molar-refractivity contribution in [2.24, 2.45) is 0 Å². The molecule has 0 aromatic carbocycles. The van der Waals surface area contributed by atoms with Crippen molar-refractivity contribution >= 4 is 14.3 Å². The van der Waals surface area contributed by atoms with Crippen LogP contribution in [0.1, 0.15) is 78.6 Å². The van der Waals surface area contributed by atoms with Crippen molar-refractivity contribution < 1.29 is 0 Å². The first-order valence-electron chi connectivity index (χ1n) is 7.68. The average molecular weight is 286 g/mol. The molecule has 0 N–H and O–H groups in total. The van der Waals surface area contributed by atoms with E-state index in [1.807, 2.05) is 0 Å². The van der Waals surface area contributed by atoms with Crippen molar-refractivity contribution in [2.75, 3.05) is 0 Å². The van der Waals surface area contributed by atoms with Gasteiger partial charge in [0.2, 0.25) is 0 Å². The Hall–Kier alpha value is 0.543. The molecule has 16 heavy (non-hydrogen) atoms. The Labute approximate surface area is 109 Å². The maximum atomic E-state index is 2.33. The summed E-state index contributed by atoms with van der Waals surface area (Å²) in [6.45, 7) is 6.98. The molecule has 0 aromatic heterocycles. The Morgan fingerprint density at radius 3 is 1.06 bits per heavy atom. The van der Waals surface area contributed by atoms with E-state index >= 15 is 0 Å². The van der Waals surface area contributed by atoms with Crippen LogP contribution < -0.4 is 0 Å². The molecule has 0 saturated heterocycles. The van der Waals surface area contributed by atoms with E-state index in [0.717, 1.165) is 0 Å². The van der Waals surface area contributed by atoms with E-state index in [0.29, 0.717) is 0 Å². The molecular formula is C15H33Ge. The van der Waals surface area contributed by atoms with Gasteiger partial charge in [-0.25, -0.2) is 0 Å². The van der Waals surface area contributed by atoms with Gasteiger partial charge in [-0.2, -0.15) is 0 Å². The van der Waals surface area contributed by atoms with E-state index < -0.39 is 14.3 Å². The maximum absolute atomic E-state index is 2.33. The number of hydrogen-bond acceptors (Lipinski definition) is 0. The first kappa shape index (κ1) is 16.5. The van der Waals surface area contributed by atoms with Crippen molar-refractivity contribution in [2.45, 2.75) is 94.3 Å². The quantitative estimate of drug-likeness (QED) is 0.302. The van der Waals surface area contributed by atoms with E-state index in [1.54, 1.807) is 35.0 Å². The molecule has 0 heterocycles. The molecule has 0 aromatic rings. The standard InChI is InChI=1S/C15H33Ge/c1-4-7-10-13-16(14-11-8-5-2)15-12-9-6-3/h4-15H2,1-3H3. The van der Waals surface area contributed by atoms with Gasteiger partial charge in [-0.15, -0.1) is 0 Å². The molecule has 0 aliphatic heterocycles. The van der Waals surface area contributed by atoms with E-state index in [2.05, 4.69) is 20.8 Å². The summed E-state index contributed by atoms with van der Waals surface area (Å²) in [5.41, 5.74) is 0. The summed E-state index contributed by atoms with van der Waals surface area (Å²) in [6.07, 6.45) is 13.3. The van der Waals surface area contributed by atoms with Crippen LogP contribution >= 0.6 is 0 Å². The van der Waals surface area contributed by atoms with Gasteiger partial charge in [0.05, 0.1) is 0 Å². The van der Waals surface area contributed by atoms with Crippen molar-refractivity contribution in [1.29, 1.82) is 0 Å². The molecular weight excluding hydrogens is 253 g/mol. The van der Waals surface area contributed by atoms with E-state index in [1.165, 1.54) is 38.5 Å². The molecule has 0 spiro atoms. The zero-order valence-electron chi connectivity index (χ0n) is 12.0. The molecule has 0 rings (SSSR count). The van der Waals surface area contributed by atoms with Crippen LogP contribution in [0.25, 0.3) is 0 Å². The van der Waals surface area contributed by atoms with Crippen LogP contribution in [0.2, 0.25) is 15.8 Å². The molecule has 0 bridgehead atoms. The van der Waals surface area contributed by atoms with Crippen molar-refractivity contribution in [3.8, 4) is 0 Å². The molecule has 0 aliphatic rings. The van der Waals surface area contributed by atoms with Crippen LogP contribution in [0.15, 0.2) is 0 Å². The van der Waals surface area contributed by atoms with Crippen molar-refractivity contribution in [1.82, 2.24) is 0 Å². The molecule has 0 amide bonds. The monoisotopic (exact) mass is 287 g/mol. The molecule has 1 heteroatoms. The molecule has 1 radical (unpaired) electrons. The summed E-state index contributed by atoms with van der Waals surface area (Å²) in [4.78, 5) is 0. The summed E-state index contributed by atoms with van der Waals surface area (Å²) < 4.78 is 0. The molecule has 97 valence electrons. The third kappa shape index (κ3) is 11.0. The van der Waals surface area contributed by atoms with Gasteiger partial charge in [0.15, 0.2) is 0 Å². The van der Waals surface area contributed by atoms with Crippen LogP contribution in [0.3, 0.4) is 0 Å². The van der Waals surface area contributed by atoms with Crippen LogP contribution in [-0.2, 0) is 0 Å². The number of unbranched alkanes of at least 4 members (excludes halogenated alkanes) is 6. The van der Waals surface area contributed by atoms with Gasteiger partial charge in [0.1, 0.15) is 0 Å². The summed E-state index contributed by atoms with van der Waals surface area (Å²) in [6, 6.07) is 0. The summed E-state index contributed by atoms with van der Waals surface area (Å²) in [7, 11) is 0. The number of hydrogen-bond donors (Lipinski definition) is 0. The summed E-state index contributed by atoms with van der Waals surface area (Å²) >= 11 is -0.603. The summed E-state index contributed by atoms with van der Waals surface area (Å²) in [5, 5.41) is 5.00. The van der Waals surface area contributed by atoms with Crippen LogP contribution in [0.5, 0.6) is 0 Å². The zero-order chi connectivity index (χ0) is 12.1. The van der Waals surface area contributed by atoms with E-state index in [-0.39, 0.29) is 0 Å². The molecule has 0 saturated carbocycles. The van der Waals surface area contributed by atoms with Gasteiger partial charge < -0.3 is 0 Å². The Morgan fingerprint density at radius 2 is 0.812 bits per heavy atom. The van der Waals surface area contributed by atoms with Gasteiger partial charge in [-0.1, -0.05) is 0 Å². The minimum absolute atomic E-state index is 0.603. The second kappa shape index (κ2) is 13.6. The van der Waals surface area contributed by atoms with Crippen LogP contribution in [0.4, 0.5) is 0 Å². The van der Waals surface area contributed by atoms with Gasteiger partial charge in [-0.05, 0) is 0 Å². The fourth-order valence-electron chi connectivity index (χ4n) is 2.25. The Balaban J connectivity index is 3.58. The Morgan fingerprint density at radius 1 is 0.500 bits per heavy atom. The second-order valence-electron chi connectivity index (χ2n) is 5.12. The zero-order valence-corrected chi connectivity index (χ0v) is 14.1. The number of rotatable bonds is 12. The molecule has 0 unspecified atom stereocenters. The predicted molar refractivity (Wildman–Crippen MR) is 78.8 cm³/mol. The minimum atomic E-state index is -0.603. The van der Waals surface area contributed by atoms with Crippen LogP contribution in [0, 0.1) is 0 Å². The van der Waals surface area contributed by atoms with E-state index in [9.17, 15) is 0 Å². The third-order valence-electron chi connectivity index (χ3n) is 3.40. The Bertz CT molecular complexity index is 98.8. The van der Waals surface area contributed by atoms with Crippen molar-refractivity contribution in [3.05, 3.63) is 0 Å². The predicted octanol–water partition coefficient (Wildman–Crippen LogP) is 6.05. The van der Waals surface area contributed by atoms with E-state index in [4.69, 9.17) is 0 Å². The SMILES string of the molecule is CCCC[CH2][Ge]([CH2]CCCC)[CH2]CCCC. The average Bonchev–Trinajstić information content (AvgIpc) is 2.29. The summed E-state index contributed by atoms with van der Waals surface area (Å²) in [5.74, 6) is 0. The molecule has 0 aliphatic carbocycles. The van der Waals surface area contributed by atoms with Gasteiger partial charge >= 0.3 is 109 Å². The van der Waals surface area contributed by atoms with Gasteiger partial charge in [0.25, 0.3) is 0 Å². The van der Waals surface area contributed by atoms with Crippen LogP contribution in [-0.4, -0.2) is 14.3 Å². The normalized spacial score (nSPS) is 11.2. The molecule has 0 atom stereocenters. The van der Waals surface area contributed by atoms with Gasteiger partial charge in [0, 0.05) is 0 Å². The fraction of sp³-hybridized carbons (Fsp3) is 1.00. The Kier molecular flexibility index (Phi) is 14.1. The van der Waals surface area contributed by atoms with Crippen molar-refractivity contribution in [3.63, 3.8) is 0 Å². The first-order valence-corrected chi connectivity index (χ1v) is 12.1. The third-order valence-corrected chi connectivity index (χ3v) is 10.1. The molecule has 0 nitrogen and oxygen atoms in total. The first-order chi connectivity index (χ1) is 7.85. The fourth-order valence-corrected chi connectivity index (χ4v) is 8.54. The topological polar surface area (TPSA) is 0 Å². The second-order valence-corrected chi connectivity index (χ2v) is 11.4. The van der Waals surface area contributed by atoms with Gasteiger partial charge in [-0.3, -0.25) is 0 Å². The molecule has 0 fully saturated rings.